The van der Waals surface area contributed by atoms with Crippen LogP contribution in [0.3, 0.4) is 0 Å². The smallest absolute Gasteiger partial charge is 0.388 e. The Bertz CT molecular complexity index is 461. The average Bonchev–Trinajstić information content (AvgIpc) is 2.37. The Hall–Kier alpha value is -1.10. The van der Waals surface area contributed by atoms with Gasteiger partial charge in [0.15, 0.2) is 0 Å². The maximum absolute atomic E-state index is 13.5. The van der Waals surface area contributed by atoms with E-state index in [9.17, 15) is 22.7 Å². The molecule has 0 aliphatic heterocycles. The number of alkyl halides is 3. The van der Waals surface area contributed by atoms with Crippen molar-refractivity contribution < 1.29 is 22.7 Å². The first-order valence-electron chi connectivity index (χ1n) is 6.83. The quantitative estimate of drug-likeness (QED) is 0.782. The van der Waals surface area contributed by atoms with E-state index in [4.69, 9.17) is 0 Å². The van der Waals surface area contributed by atoms with Crippen molar-refractivity contribution in [3.63, 3.8) is 0 Å². The summed E-state index contributed by atoms with van der Waals surface area (Å²) in [5.74, 6) is -0.705. The van der Waals surface area contributed by atoms with Gasteiger partial charge >= 0.3 is 6.18 Å². The molecule has 0 radical (unpaired) electrons. The highest BCUT2D eigenvalue weighted by atomic mass is 19.4. The summed E-state index contributed by atoms with van der Waals surface area (Å²) in [5.41, 5.74) is -1.05. The molecule has 1 aliphatic carbocycles. The fourth-order valence-electron chi connectivity index (χ4n) is 2.82. The Morgan fingerprint density at radius 1 is 1.15 bits per heavy atom. The van der Waals surface area contributed by atoms with Gasteiger partial charge in [-0.05, 0) is 42.4 Å². The molecule has 0 aromatic heterocycles. The molecular weight excluding hydrogens is 272 g/mol. The first-order valence-corrected chi connectivity index (χ1v) is 6.83. The molecular formula is C15H18F4O. The van der Waals surface area contributed by atoms with E-state index < -0.39 is 23.7 Å². The Balaban J connectivity index is 2.15. The van der Waals surface area contributed by atoms with Crippen molar-refractivity contribution in [1.29, 1.82) is 0 Å². The maximum atomic E-state index is 13.5. The molecule has 0 bridgehead atoms. The number of aliphatic hydroxyl groups excluding tert-OH is 1. The Morgan fingerprint density at radius 2 is 1.75 bits per heavy atom. The fraction of sp³-hybridized carbons (Fsp3) is 0.600. The van der Waals surface area contributed by atoms with Crippen molar-refractivity contribution in [2.45, 2.75) is 44.9 Å². The lowest BCUT2D eigenvalue weighted by Gasteiger charge is -2.30. The number of hydrogen-bond donors (Lipinski definition) is 1. The molecule has 5 heteroatoms. The molecule has 1 unspecified atom stereocenters. The molecule has 1 fully saturated rings. The number of benzene rings is 1. The minimum absolute atomic E-state index is 0.00216. The molecule has 1 N–H and O–H groups in total. The molecule has 1 aliphatic rings. The van der Waals surface area contributed by atoms with Crippen LogP contribution in [0.25, 0.3) is 0 Å². The van der Waals surface area contributed by atoms with Crippen molar-refractivity contribution in [2.24, 2.45) is 11.8 Å². The van der Waals surface area contributed by atoms with Gasteiger partial charge in [0, 0.05) is 0 Å². The van der Waals surface area contributed by atoms with Gasteiger partial charge in [-0.3, -0.25) is 0 Å². The van der Waals surface area contributed by atoms with E-state index in [0.29, 0.717) is 12.0 Å². The highest BCUT2D eigenvalue weighted by Crippen LogP contribution is 2.38. The van der Waals surface area contributed by atoms with Gasteiger partial charge in [-0.1, -0.05) is 25.8 Å². The predicted octanol–water partition coefficient (Wildman–Crippen LogP) is 4.70. The third-order valence-corrected chi connectivity index (χ3v) is 4.15. The topological polar surface area (TPSA) is 20.2 Å². The first-order chi connectivity index (χ1) is 9.29. The summed E-state index contributed by atoms with van der Waals surface area (Å²) >= 11 is 0. The summed E-state index contributed by atoms with van der Waals surface area (Å²) in [5, 5.41) is 10.2. The van der Waals surface area contributed by atoms with E-state index in [0.717, 1.165) is 31.7 Å². The largest absolute Gasteiger partial charge is 0.419 e. The van der Waals surface area contributed by atoms with Gasteiger partial charge in [-0.2, -0.15) is 13.2 Å². The molecule has 0 amide bonds. The van der Waals surface area contributed by atoms with Crippen LogP contribution >= 0.6 is 0 Å². The van der Waals surface area contributed by atoms with Crippen molar-refractivity contribution in [1.82, 2.24) is 0 Å². The van der Waals surface area contributed by atoms with Gasteiger partial charge in [-0.25, -0.2) is 4.39 Å². The van der Waals surface area contributed by atoms with Gasteiger partial charge in [0.2, 0.25) is 0 Å². The summed E-state index contributed by atoms with van der Waals surface area (Å²) in [4.78, 5) is 0. The number of aliphatic hydroxyl groups is 1. The van der Waals surface area contributed by atoms with Crippen LogP contribution in [-0.2, 0) is 6.18 Å². The first kappa shape index (κ1) is 15.3. The average molecular weight is 290 g/mol. The van der Waals surface area contributed by atoms with Crippen LogP contribution in [-0.4, -0.2) is 5.11 Å². The third kappa shape index (κ3) is 3.32. The molecule has 1 aromatic rings. The third-order valence-electron chi connectivity index (χ3n) is 4.15. The lowest BCUT2D eigenvalue weighted by molar-refractivity contribution is -0.140. The SMILES string of the molecule is CC1CCC(C(O)c2ccc(C(F)(F)F)c(F)c2)CC1. The monoisotopic (exact) mass is 290 g/mol. The van der Waals surface area contributed by atoms with Crippen molar-refractivity contribution in [2.75, 3.05) is 0 Å². The zero-order valence-corrected chi connectivity index (χ0v) is 11.3. The summed E-state index contributed by atoms with van der Waals surface area (Å²) < 4.78 is 50.9. The van der Waals surface area contributed by atoms with Gasteiger partial charge in [0.1, 0.15) is 5.82 Å². The van der Waals surface area contributed by atoms with Crippen LogP contribution in [0.15, 0.2) is 18.2 Å². The Morgan fingerprint density at radius 3 is 2.25 bits per heavy atom. The second kappa shape index (κ2) is 5.72. The minimum atomic E-state index is -4.70. The fourth-order valence-corrected chi connectivity index (χ4v) is 2.82. The lowest BCUT2D eigenvalue weighted by Crippen LogP contribution is -2.19. The summed E-state index contributed by atoms with van der Waals surface area (Å²) in [6.45, 7) is 2.14. The highest BCUT2D eigenvalue weighted by Gasteiger charge is 2.35. The predicted molar refractivity (Wildman–Crippen MR) is 67.5 cm³/mol. The van der Waals surface area contributed by atoms with E-state index >= 15 is 0 Å². The van der Waals surface area contributed by atoms with Crippen LogP contribution in [0.2, 0.25) is 0 Å². The van der Waals surface area contributed by atoms with Crippen LogP contribution in [0, 0.1) is 17.7 Å². The van der Waals surface area contributed by atoms with Crippen LogP contribution in [0.5, 0.6) is 0 Å². The van der Waals surface area contributed by atoms with Crippen molar-refractivity contribution in [3.8, 4) is 0 Å². The minimum Gasteiger partial charge on any atom is -0.388 e. The normalized spacial score (nSPS) is 25.5. The number of hydrogen-bond acceptors (Lipinski definition) is 1. The lowest BCUT2D eigenvalue weighted by atomic mass is 9.78. The Kier molecular flexibility index (Phi) is 4.37. The molecule has 0 saturated heterocycles. The summed E-state index contributed by atoms with van der Waals surface area (Å²) in [7, 11) is 0. The van der Waals surface area contributed by atoms with Crippen LogP contribution in [0.4, 0.5) is 17.6 Å². The van der Waals surface area contributed by atoms with Crippen molar-refractivity contribution >= 4 is 0 Å². The summed E-state index contributed by atoms with van der Waals surface area (Å²) in [6.07, 6.45) is -1.96. The molecule has 2 rings (SSSR count). The van der Waals surface area contributed by atoms with Crippen LogP contribution < -0.4 is 0 Å². The van der Waals surface area contributed by atoms with E-state index in [-0.39, 0.29) is 11.5 Å². The van der Waals surface area contributed by atoms with E-state index in [2.05, 4.69) is 6.92 Å². The zero-order valence-electron chi connectivity index (χ0n) is 11.3. The molecule has 0 spiro atoms. The van der Waals surface area contributed by atoms with Gasteiger partial charge in [0.05, 0.1) is 11.7 Å². The molecule has 0 heterocycles. The second-order valence-corrected chi connectivity index (χ2v) is 5.70. The van der Waals surface area contributed by atoms with Crippen molar-refractivity contribution in [3.05, 3.63) is 35.1 Å². The van der Waals surface area contributed by atoms with E-state index in [1.807, 2.05) is 0 Å². The van der Waals surface area contributed by atoms with E-state index in [1.165, 1.54) is 6.07 Å². The maximum Gasteiger partial charge on any atom is 0.419 e. The second-order valence-electron chi connectivity index (χ2n) is 5.70. The number of halogens is 4. The highest BCUT2D eigenvalue weighted by molar-refractivity contribution is 5.28. The van der Waals surface area contributed by atoms with Gasteiger partial charge in [-0.15, -0.1) is 0 Å². The van der Waals surface area contributed by atoms with Gasteiger partial charge in [0.25, 0.3) is 0 Å². The Labute approximate surface area is 115 Å². The summed E-state index contributed by atoms with van der Waals surface area (Å²) in [6, 6.07) is 2.69. The molecule has 1 saturated carbocycles. The molecule has 112 valence electrons. The molecule has 1 nitrogen and oxygen atoms in total. The molecule has 1 aromatic carbocycles. The molecule has 1 atom stereocenters. The van der Waals surface area contributed by atoms with Gasteiger partial charge < -0.3 is 5.11 Å². The van der Waals surface area contributed by atoms with E-state index in [1.54, 1.807) is 0 Å². The molecule has 20 heavy (non-hydrogen) atoms. The standard InChI is InChI=1S/C15H18F4O/c1-9-2-4-10(5-3-9)14(20)11-6-7-12(13(16)8-11)15(17,18)19/h6-10,14,20H,2-5H2,1H3. The zero-order chi connectivity index (χ0) is 14.9. The number of rotatable bonds is 2. The van der Waals surface area contributed by atoms with Crippen LogP contribution in [0.1, 0.15) is 49.8 Å².